The van der Waals surface area contributed by atoms with E-state index in [1.165, 1.54) is 24.5 Å². The monoisotopic (exact) mass is 445 g/mol. The zero-order valence-corrected chi connectivity index (χ0v) is 18.8. The predicted octanol–water partition coefficient (Wildman–Crippen LogP) is 3.35. The number of nitrogens with two attached hydrogens (primary N) is 1. The Kier molecular flexibility index (Phi) is 8.00. The highest BCUT2D eigenvalue weighted by Gasteiger charge is 2.20. The lowest BCUT2D eigenvalue weighted by Gasteiger charge is -2.26. The number of amides is 1. The Balaban J connectivity index is 1.35. The number of morpholine rings is 1. The summed E-state index contributed by atoms with van der Waals surface area (Å²) >= 11 is 0. The number of anilines is 1. The van der Waals surface area contributed by atoms with Gasteiger partial charge in [-0.3, -0.25) is 19.7 Å². The van der Waals surface area contributed by atoms with Crippen molar-refractivity contribution < 1.29 is 9.53 Å². The largest absolute Gasteiger partial charge is 0.404 e. The summed E-state index contributed by atoms with van der Waals surface area (Å²) in [5.74, 6) is 0.514. The second kappa shape index (κ2) is 11.5. The van der Waals surface area contributed by atoms with Crippen molar-refractivity contribution in [3.8, 4) is 0 Å². The molecular weight excluding hydrogens is 414 g/mol. The molecule has 172 valence electrons. The van der Waals surface area contributed by atoms with Crippen molar-refractivity contribution in [2.24, 2.45) is 16.6 Å². The molecule has 1 saturated carbocycles. The Morgan fingerprint density at radius 2 is 2.00 bits per heavy atom. The molecule has 4 rings (SSSR count). The van der Waals surface area contributed by atoms with Crippen molar-refractivity contribution in [2.75, 3.05) is 38.2 Å². The standard InChI is InChI=1S/C26H31N5O2/c27-15-23(18-29-16-20-1-2-20)25-9-10-28-17-22(25)5-8-26(32)30-24-6-3-21(4-7-24)19-31-11-13-33-14-12-31/h3-10,15,17-18,20H,1-2,11-14,16,19,27H2,(H,30,32)/b8-5+,23-15?,29-18?. The number of ether oxygens (including phenoxy) is 1. The molecule has 0 unspecified atom stereocenters. The topological polar surface area (TPSA) is 92.8 Å². The molecule has 2 aromatic rings. The highest BCUT2D eigenvalue weighted by atomic mass is 16.5. The normalized spacial score (nSPS) is 17.6. The third kappa shape index (κ3) is 7.10. The number of carbonyl (C=O) groups is 1. The number of nitrogens with one attached hydrogen (secondary N) is 1. The fourth-order valence-corrected chi connectivity index (χ4v) is 3.67. The molecule has 0 bridgehead atoms. The second-order valence-corrected chi connectivity index (χ2v) is 8.43. The zero-order valence-electron chi connectivity index (χ0n) is 18.8. The van der Waals surface area contributed by atoms with Crippen LogP contribution >= 0.6 is 0 Å². The van der Waals surface area contributed by atoms with E-state index in [4.69, 9.17) is 10.5 Å². The molecule has 0 spiro atoms. The molecule has 0 atom stereocenters. The Morgan fingerprint density at radius 3 is 2.73 bits per heavy atom. The molecule has 1 aromatic heterocycles. The summed E-state index contributed by atoms with van der Waals surface area (Å²) in [4.78, 5) is 23.6. The van der Waals surface area contributed by atoms with E-state index >= 15 is 0 Å². The predicted molar refractivity (Wildman–Crippen MR) is 133 cm³/mol. The number of hydrogen-bond acceptors (Lipinski definition) is 6. The first kappa shape index (κ1) is 22.9. The van der Waals surface area contributed by atoms with Crippen LogP contribution in [0.15, 0.2) is 60.0 Å². The van der Waals surface area contributed by atoms with Gasteiger partial charge in [0.05, 0.1) is 13.2 Å². The van der Waals surface area contributed by atoms with Gasteiger partial charge >= 0.3 is 0 Å². The summed E-state index contributed by atoms with van der Waals surface area (Å²) in [6, 6.07) is 9.85. The Labute approximate surface area is 195 Å². The molecule has 1 saturated heterocycles. The van der Waals surface area contributed by atoms with Crippen LogP contribution in [-0.4, -0.2) is 54.9 Å². The summed E-state index contributed by atoms with van der Waals surface area (Å²) in [6.45, 7) is 5.20. The van der Waals surface area contributed by atoms with Gasteiger partial charge in [-0.1, -0.05) is 12.1 Å². The molecule has 1 aliphatic carbocycles. The van der Waals surface area contributed by atoms with Gasteiger partial charge in [0.2, 0.25) is 5.91 Å². The second-order valence-electron chi connectivity index (χ2n) is 8.43. The number of rotatable bonds is 9. The molecule has 1 amide bonds. The van der Waals surface area contributed by atoms with E-state index in [9.17, 15) is 4.79 Å². The first-order valence-corrected chi connectivity index (χ1v) is 11.5. The molecule has 2 aliphatic rings. The van der Waals surface area contributed by atoms with Crippen molar-refractivity contribution in [1.82, 2.24) is 9.88 Å². The molecule has 7 nitrogen and oxygen atoms in total. The maximum Gasteiger partial charge on any atom is 0.248 e. The van der Waals surface area contributed by atoms with Crippen molar-refractivity contribution in [2.45, 2.75) is 19.4 Å². The van der Waals surface area contributed by atoms with E-state index in [0.29, 0.717) is 5.92 Å². The van der Waals surface area contributed by atoms with E-state index in [-0.39, 0.29) is 5.91 Å². The van der Waals surface area contributed by atoms with Crippen LogP contribution in [0.25, 0.3) is 11.6 Å². The van der Waals surface area contributed by atoms with Crippen molar-refractivity contribution in [3.05, 3.63) is 71.7 Å². The molecule has 1 aliphatic heterocycles. The molecular formula is C26H31N5O2. The van der Waals surface area contributed by atoms with Gasteiger partial charge in [-0.25, -0.2) is 0 Å². The van der Waals surface area contributed by atoms with E-state index in [1.54, 1.807) is 24.7 Å². The minimum atomic E-state index is -0.202. The van der Waals surface area contributed by atoms with Crippen LogP contribution in [0, 0.1) is 5.92 Å². The average Bonchev–Trinajstić information content (AvgIpc) is 3.67. The molecule has 3 N–H and O–H groups in total. The average molecular weight is 446 g/mol. The van der Waals surface area contributed by atoms with Gasteiger partial charge in [0.15, 0.2) is 0 Å². The first-order chi connectivity index (χ1) is 16.2. The number of nitrogens with zero attached hydrogens (tertiary/aromatic N) is 3. The molecule has 33 heavy (non-hydrogen) atoms. The van der Waals surface area contributed by atoms with Crippen LogP contribution < -0.4 is 11.1 Å². The zero-order chi connectivity index (χ0) is 22.9. The smallest absolute Gasteiger partial charge is 0.248 e. The lowest BCUT2D eigenvalue weighted by molar-refractivity contribution is -0.111. The van der Waals surface area contributed by atoms with Crippen LogP contribution in [0.2, 0.25) is 0 Å². The van der Waals surface area contributed by atoms with Crippen LogP contribution in [0.4, 0.5) is 5.69 Å². The minimum absolute atomic E-state index is 0.202. The summed E-state index contributed by atoms with van der Waals surface area (Å²) in [5.41, 5.74) is 10.3. The van der Waals surface area contributed by atoms with Gasteiger partial charge in [0.1, 0.15) is 0 Å². The number of hydrogen-bond donors (Lipinski definition) is 2. The van der Waals surface area contributed by atoms with E-state index in [2.05, 4.69) is 20.2 Å². The Morgan fingerprint density at radius 1 is 1.21 bits per heavy atom. The van der Waals surface area contributed by atoms with E-state index in [1.807, 2.05) is 36.5 Å². The maximum atomic E-state index is 12.5. The summed E-state index contributed by atoms with van der Waals surface area (Å²) in [6.07, 6.45) is 12.6. The third-order valence-electron chi connectivity index (χ3n) is 5.78. The highest BCUT2D eigenvalue weighted by Crippen LogP contribution is 2.29. The lowest BCUT2D eigenvalue weighted by atomic mass is 10.0. The maximum absolute atomic E-state index is 12.5. The fraction of sp³-hybridized carbons (Fsp3) is 0.346. The third-order valence-corrected chi connectivity index (χ3v) is 5.78. The fourth-order valence-electron chi connectivity index (χ4n) is 3.67. The Hall–Kier alpha value is -3.29. The van der Waals surface area contributed by atoms with Crippen LogP contribution in [0.5, 0.6) is 0 Å². The number of carbonyl (C=O) groups excluding carboxylic acids is 1. The van der Waals surface area contributed by atoms with Gasteiger partial charge in [0, 0.05) is 73.9 Å². The lowest BCUT2D eigenvalue weighted by Crippen LogP contribution is -2.35. The number of pyridine rings is 1. The summed E-state index contributed by atoms with van der Waals surface area (Å²) in [7, 11) is 0. The van der Waals surface area contributed by atoms with Crippen LogP contribution in [0.3, 0.4) is 0 Å². The molecule has 2 heterocycles. The summed E-state index contributed by atoms with van der Waals surface area (Å²) < 4.78 is 5.39. The molecule has 2 fully saturated rings. The molecule has 0 radical (unpaired) electrons. The number of aliphatic imine (C=N–C) groups is 1. The van der Waals surface area contributed by atoms with Crippen molar-refractivity contribution >= 4 is 29.5 Å². The quantitative estimate of drug-likeness (QED) is 0.456. The minimum Gasteiger partial charge on any atom is -0.404 e. The molecule has 7 heteroatoms. The van der Waals surface area contributed by atoms with Crippen LogP contribution in [0.1, 0.15) is 29.5 Å². The molecule has 1 aromatic carbocycles. The van der Waals surface area contributed by atoms with E-state index in [0.717, 1.165) is 61.8 Å². The van der Waals surface area contributed by atoms with Crippen molar-refractivity contribution in [1.29, 1.82) is 0 Å². The number of aromatic nitrogens is 1. The van der Waals surface area contributed by atoms with Gasteiger partial charge in [-0.2, -0.15) is 0 Å². The van der Waals surface area contributed by atoms with Gasteiger partial charge in [-0.15, -0.1) is 0 Å². The van der Waals surface area contributed by atoms with Gasteiger partial charge in [0.25, 0.3) is 0 Å². The number of benzene rings is 1. The van der Waals surface area contributed by atoms with Gasteiger partial charge in [-0.05, 0) is 54.2 Å². The van der Waals surface area contributed by atoms with Gasteiger partial charge < -0.3 is 15.8 Å². The van der Waals surface area contributed by atoms with Crippen molar-refractivity contribution in [3.63, 3.8) is 0 Å². The van der Waals surface area contributed by atoms with Crippen LogP contribution in [-0.2, 0) is 16.1 Å². The summed E-state index contributed by atoms with van der Waals surface area (Å²) in [5, 5.41) is 2.91. The first-order valence-electron chi connectivity index (χ1n) is 11.5. The van der Waals surface area contributed by atoms with E-state index < -0.39 is 0 Å². The highest BCUT2D eigenvalue weighted by molar-refractivity contribution is 6.11. The SMILES string of the molecule is NC=C(C=NCC1CC1)c1ccncc1/C=C/C(=O)Nc1ccc(CN2CCOCC2)cc1. The Bertz CT molecular complexity index is 1020. The number of allylic oxidation sites excluding steroid dienone is 1.